The van der Waals surface area contributed by atoms with Gasteiger partial charge >= 0.3 is 0 Å². The summed E-state index contributed by atoms with van der Waals surface area (Å²) in [6, 6.07) is 0. The fourth-order valence-electron chi connectivity index (χ4n) is 3.55. The van der Waals surface area contributed by atoms with E-state index >= 15 is 0 Å². The van der Waals surface area contributed by atoms with Crippen LogP contribution in [0.25, 0.3) is 0 Å². The molecule has 2 rings (SSSR count). The summed E-state index contributed by atoms with van der Waals surface area (Å²) >= 11 is 0. The number of likely N-dealkylation sites (tertiary alicyclic amines) is 1. The van der Waals surface area contributed by atoms with Crippen LogP contribution < -0.4 is 0 Å². The molecule has 7 nitrogen and oxygen atoms in total. The zero-order valence-electron chi connectivity index (χ0n) is 14.5. The predicted octanol–water partition coefficient (Wildman–Crippen LogP) is -0.192. The van der Waals surface area contributed by atoms with Crippen LogP contribution in [0, 0.1) is 11.3 Å². The molecular weight excluding hydrogens is 298 g/mol. The number of rotatable bonds is 3. The van der Waals surface area contributed by atoms with Gasteiger partial charge in [-0.15, -0.1) is 0 Å². The normalized spacial score (nSPS) is 25.4. The summed E-state index contributed by atoms with van der Waals surface area (Å²) in [6.45, 7) is 6.36. The SMILES string of the molecule is COCC(=O)N1CCN(C(=O)C(C)C)C[C@@]2(CC(=O)N(C)C2)C1. The highest BCUT2D eigenvalue weighted by molar-refractivity contribution is 5.82. The molecule has 130 valence electrons. The Balaban J connectivity index is 2.24. The van der Waals surface area contributed by atoms with E-state index in [1.54, 1.807) is 16.8 Å². The van der Waals surface area contributed by atoms with Crippen LogP contribution in [-0.4, -0.2) is 85.9 Å². The van der Waals surface area contributed by atoms with Crippen molar-refractivity contribution in [1.82, 2.24) is 14.7 Å². The number of carbonyl (C=O) groups is 3. The minimum absolute atomic E-state index is 0.0258. The van der Waals surface area contributed by atoms with Crippen molar-refractivity contribution in [2.45, 2.75) is 20.3 Å². The molecule has 0 radical (unpaired) electrons. The third kappa shape index (κ3) is 3.83. The van der Waals surface area contributed by atoms with Crippen molar-refractivity contribution in [2.24, 2.45) is 11.3 Å². The molecular formula is C16H27N3O4. The molecule has 0 N–H and O–H groups in total. The van der Waals surface area contributed by atoms with E-state index in [4.69, 9.17) is 4.74 Å². The van der Waals surface area contributed by atoms with E-state index in [0.717, 1.165) is 0 Å². The number of nitrogens with zero attached hydrogens (tertiary/aromatic N) is 3. The van der Waals surface area contributed by atoms with Gasteiger partial charge < -0.3 is 19.4 Å². The Hall–Kier alpha value is -1.63. The number of carbonyl (C=O) groups excluding carboxylic acids is 3. The lowest BCUT2D eigenvalue weighted by Crippen LogP contribution is -2.46. The molecule has 23 heavy (non-hydrogen) atoms. The van der Waals surface area contributed by atoms with Crippen molar-refractivity contribution in [3.8, 4) is 0 Å². The molecule has 0 aliphatic carbocycles. The molecule has 2 aliphatic heterocycles. The molecule has 7 heteroatoms. The monoisotopic (exact) mass is 325 g/mol. The minimum atomic E-state index is -0.379. The van der Waals surface area contributed by atoms with Gasteiger partial charge in [0.25, 0.3) is 0 Å². The average molecular weight is 325 g/mol. The Labute approximate surface area is 137 Å². The van der Waals surface area contributed by atoms with Gasteiger partial charge in [0.15, 0.2) is 0 Å². The fraction of sp³-hybridized carbons (Fsp3) is 0.812. The molecule has 2 aliphatic rings. The molecule has 0 unspecified atom stereocenters. The van der Waals surface area contributed by atoms with Gasteiger partial charge in [-0.3, -0.25) is 14.4 Å². The highest BCUT2D eigenvalue weighted by Gasteiger charge is 2.47. The number of methoxy groups -OCH3 is 1. The van der Waals surface area contributed by atoms with Crippen LogP contribution in [0.4, 0.5) is 0 Å². The largest absolute Gasteiger partial charge is 0.375 e. The van der Waals surface area contributed by atoms with Crippen molar-refractivity contribution in [3.05, 3.63) is 0 Å². The van der Waals surface area contributed by atoms with E-state index in [9.17, 15) is 14.4 Å². The van der Waals surface area contributed by atoms with Gasteiger partial charge in [0, 0.05) is 64.6 Å². The van der Waals surface area contributed by atoms with Gasteiger partial charge in [0.2, 0.25) is 17.7 Å². The van der Waals surface area contributed by atoms with Crippen LogP contribution in [0.5, 0.6) is 0 Å². The van der Waals surface area contributed by atoms with Crippen molar-refractivity contribution >= 4 is 17.7 Å². The zero-order valence-corrected chi connectivity index (χ0v) is 14.5. The van der Waals surface area contributed by atoms with Gasteiger partial charge in [0.1, 0.15) is 6.61 Å². The molecule has 2 heterocycles. The second-order valence-electron chi connectivity index (χ2n) is 7.09. The summed E-state index contributed by atoms with van der Waals surface area (Å²) in [5, 5.41) is 0. The number of ether oxygens (including phenoxy) is 1. The first-order chi connectivity index (χ1) is 10.8. The van der Waals surface area contributed by atoms with E-state index in [1.165, 1.54) is 7.11 Å². The van der Waals surface area contributed by atoms with Crippen molar-refractivity contribution in [3.63, 3.8) is 0 Å². The minimum Gasteiger partial charge on any atom is -0.375 e. The van der Waals surface area contributed by atoms with E-state index < -0.39 is 0 Å². The second kappa shape index (κ2) is 6.86. The van der Waals surface area contributed by atoms with Crippen LogP contribution in [0.1, 0.15) is 20.3 Å². The maximum atomic E-state index is 12.5. The van der Waals surface area contributed by atoms with Crippen LogP contribution in [-0.2, 0) is 19.1 Å². The van der Waals surface area contributed by atoms with Crippen LogP contribution in [0.2, 0.25) is 0 Å². The highest BCUT2D eigenvalue weighted by atomic mass is 16.5. The van der Waals surface area contributed by atoms with Crippen molar-refractivity contribution < 1.29 is 19.1 Å². The number of hydrogen-bond donors (Lipinski definition) is 0. The van der Waals surface area contributed by atoms with E-state index in [0.29, 0.717) is 39.1 Å². The van der Waals surface area contributed by atoms with Crippen molar-refractivity contribution in [2.75, 3.05) is 53.5 Å². The molecule has 0 saturated carbocycles. The first-order valence-electron chi connectivity index (χ1n) is 8.07. The Kier molecular flexibility index (Phi) is 5.29. The smallest absolute Gasteiger partial charge is 0.248 e. The van der Waals surface area contributed by atoms with Crippen LogP contribution >= 0.6 is 0 Å². The summed E-state index contributed by atoms with van der Waals surface area (Å²) in [7, 11) is 3.27. The summed E-state index contributed by atoms with van der Waals surface area (Å²) in [6.07, 6.45) is 0.377. The lowest BCUT2D eigenvalue weighted by molar-refractivity contribution is -0.137. The molecule has 0 aromatic rings. The lowest BCUT2D eigenvalue weighted by atomic mass is 9.85. The fourth-order valence-corrected chi connectivity index (χ4v) is 3.55. The summed E-state index contributed by atoms with van der Waals surface area (Å²) in [5.74, 6) is -0.0359. The third-order valence-corrected chi connectivity index (χ3v) is 4.64. The van der Waals surface area contributed by atoms with Gasteiger partial charge in [-0.1, -0.05) is 13.8 Å². The molecule has 1 atom stereocenters. The molecule has 0 aromatic heterocycles. The summed E-state index contributed by atoms with van der Waals surface area (Å²) in [4.78, 5) is 42.0. The summed E-state index contributed by atoms with van der Waals surface area (Å²) in [5.41, 5.74) is -0.379. The third-order valence-electron chi connectivity index (χ3n) is 4.64. The van der Waals surface area contributed by atoms with E-state index in [-0.39, 0.29) is 35.7 Å². The van der Waals surface area contributed by atoms with E-state index in [1.807, 2.05) is 18.7 Å². The van der Waals surface area contributed by atoms with Gasteiger partial charge in [-0.2, -0.15) is 0 Å². The van der Waals surface area contributed by atoms with Crippen LogP contribution in [0.15, 0.2) is 0 Å². The Morgan fingerprint density at radius 2 is 1.78 bits per heavy atom. The highest BCUT2D eigenvalue weighted by Crippen LogP contribution is 2.34. The second-order valence-corrected chi connectivity index (χ2v) is 7.09. The first-order valence-corrected chi connectivity index (χ1v) is 8.07. The van der Waals surface area contributed by atoms with Gasteiger partial charge in [-0.05, 0) is 0 Å². The van der Waals surface area contributed by atoms with Crippen LogP contribution in [0.3, 0.4) is 0 Å². The van der Waals surface area contributed by atoms with Gasteiger partial charge in [-0.25, -0.2) is 0 Å². The standard InChI is InChI=1S/C16H27N3O4/c1-12(2)15(22)19-6-5-18(14(21)8-23-4)10-16(11-19)7-13(20)17(3)9-16/h12H,5-11H2,1-4H3/t16-/m1/s1. The quantitative estimate of drug-likeness (QED) is 0.721. The van der Waals surface area contributed by atoms with Crippen molar-refractivity contribution in [1.29, 1.82) is 0 Å². The maximum absolute atomic E-state index is 12.5. The summed E-state index contributed by atoms with van der Waals surface area (Å²) < 4.78 is 4.95. The molecule has 0 bridgehead atoms. The topological polar surface area (TPSA) is 70.2 Å². The Morgan fingerprint density at radius 1 is 1.17 bits per heavy atom. The molecule has 0 aromatic carbocycles. The van der Waals surface area contributed by atoms with Gasteiger partial charge in [0.05, 0.1) is 0 Å². The predicted molar refractivity (Wildman–Crippen MR) is 84.6 cm³/mol. The Morgan fingerprint density at radius 3 is 2.30 bits per heavy atom. The van der Waals surface area contributed by atoms with E-state index in [2.05, 4.69) is 0 Å². The molecule has 1 spiro atoms. The lowest BCUT2D eigenvalue weighted by Gasteiger charge is -2.33. The Bertz CT molecular complexity index is 494. The first kappa shape index (κ1) is 17.7. The molecule has 3 amide bonds. The zero-order chi connectivity index (χ0) is 17.2. The molecule has 2 saturated heterocycles. The average Bonchev–Trinajstić information content (AvgIpc) is 2.65. The number of hydrogen-bond acceptors (Lipinski definition) is 4. The molecule has 2 fully saturated rings. The number of amides is 3. The maximum Gasteiger partial charge on any atom is 0.248 e.